The Labute approximate surface area is 187 Å². The van der Waals surface area contributed by atoms with E-state index in [0.717, 1.165) is 13.2 Å². The van der Waals surface area contributed by atoms with Crippen molar-refractivity contribution in [1.29, 1.82) is 0 Å². The van der Waals surface area contributed by atoms with Crippen LogP contribution < -0.4 is 20.9 Å². The van der Waals surface area contributed by atoms with E-state index in [1.54, 1.807) is 4.90 Å². The summed E-state index contributed by atoms with van der Waals surface area (Å²) in [7, 11) is -0.344. The molecule has 13 heteroatoms. The van der Waals surface area contributed by atoms with Gasteiger partial charge in [-0.15, -0.1) is 16.4 Å². The second kappa shape index (κ2) is 10.2. The number of amides is 3. The molecule has 0 bridgehead atoms. The van der Waals surface area contributed by atoms with Crippen LogP contribution in [0.15, 0.2) is 0 Å². The van der Waals surface area contributed by atoms with Gasteiger partial charge in [0.25, 0.3) is 0 Å². The molecule has 5 unspecified atom stereocenters. The number of likely N-dealkylation sites (N-methyl/N-ethyl adjacent to an activating group) is 1. The molecule has 0 aromatic rings. The molecule has 10 nitrogen and oxygen atoms in total. The van der Waals surface area contributed by atoms with Crippen LogP contribution >= 0.6 is 11.6 Å². The number of nitrogens with one attached hydrogen (secondary N) is 4. The van der Waals surface area contributed by atoms with Crippen molar-refractivity contribution in [2.75, 3.05) is 46.2 Å². The Morgan fingerprint density at radius 1 is 1.26 bits per heavy atom. The van der Waals surface area contributed by atoms with Crippen molar-refractivity contribution in [3.63, 3.8) is 0 Å². The number of hydrazine groups is 1. The maximum Gasteiger partial charge on any atom is 0.317 e. The van der Waals surface area contributed by atoms with Crippen molar-refractivity contribution in [3.05, 3.63) is 0 Å². The average Bonchev–Trinajstić information content (AvgIpc) is 3.36. The van der Waals surface area contributed by atoms with Gasteiger partial charge in [-0.25, -0.2) is 17.6 Å². The van der Waals surface area contributed by atoms with E-state index >= 15 is 0 Å². The van der Waals surface area contributed by atoms with E-state index in [2.05, 4.69) is 25.8 Å². The molecule has 178 valence electrons. The van der Waals surface area contributed by atoms with Crippen LogP contribution in [0.25, 0.3) is 0 Å². The number of likely N-dealkylation sites (tertiary alicyclic amines) is 1. The van der Waals surface area contributed by atoms with Crippen LogP contribution in [0.3, 0.4) is 0 Å². The minimum Gasteiger partial charge on any atom is -0.341 e. The fourth-order valence-electron chi connectivity index (χ4n) is 4.74. The Balaban J connectivity index is 1.52. The number of carbonyl (C=O) groups is 2. The third-order valence-corrected chi connectivity index (χ3v) is 8.17. The van der Waals surface area contributed by atoms with E-state index in [-0.39, 0.29) is 29.7 Å². The van der Waals surface area contributed by atoms with E-state index in [1.807, 2.05) is 7.05 Å². The summed E-state index contributed by atoms with van der Waals surface area (Å²) >= 11 is 6.20. The van der Waals surface area contributed by atoms with Crippen molar-refractivity contribution in [2.45, 2.75) is 36.9 Å². The fourth-order valence-corrected chi connectivity index (χ4v) is 6.38. The van der Waals surface area contributed by atoms with Crippen LogP contribution in [-0.4, -0.2) is 93.9 Å². The van der Waals surface area contributed by atoms with Gasteiger partial charge in [0.05, 0.1) is 17.0 Å². The molecular weight excluding hydrogens is 451 g/mol. The molecule has 2 aliphatic heterocycles. The Morgan fingerprint density at radius 2 is 2.00 bits per heavy atom. The topological polar surface area (TPSA) is 123 Å². The van der Waals surface area contributed by atoms with E-state index in [4.69, 9.17) is 11.6 Å². The first-order chi connectivity index (χ1) is 14.6. The van der Waals surface area contributed by atoms with Crippen LogP contribution in [-0.2, 0) is 14.8 Å². The van der Waals surface area contributed by atoms with Gasteiger partial charge in [-0.05, 0) is 38.1 Å². The second-order valence-corrected chi connectivity index (χ2v) is 11.2. The number of urea groups is 1. The van der Waals surface area contributed by atoms with Crippen molar-refractivity contribution in [2.24, 2.45) is 17.8 Å². The van der Waals surface area contributed by atoms with Crippen molar-refractivity contribution < 1.29 is 22.4 Å². The molecular formula is C18H32ClFN6O4S. The van der Waals surface area contributed by atoms with Crippen LogP contribution in [0.1, 0.15) is 19.3 Å². The third kappa shape index (κ3) is 6.19. The maximum atomic E-state index is 14.7. The molecule has 2 saturated heterocycles. The molecule has 3 rings (SSSR count). The molecule has 0 spiro atoms. The summed E-state index contributed by atoms with van der Waals surface area (Å²) < 4.78 is 39.5. The lowest BCUT2D eigenvalue weighted by molar-refractivity contribution is -0.129. The Bertz CT molecular complexity index is 774. The predicted octanol–water partition coefficient (Wildman–Crippen LogP) is -0.569. The molecule has 1 aliphatic carbocycles. The van der Waals surface area contributed by atoms with E-state index in [9.17, 15) is 22.4 Å². The minimum absolute atomic E-state index is 0.0287. The summed E-state index contributed by atoms with van der Waals surface area (Å²) in [6.45, 7) is 2.31. The molecule has 6 atom stereocenters. The predicted molar refractivity (Wildman–Crippen MR) is 114 cm³/mol. The van der Waals surface area contributed by atoms with Crippen LogP contribution in [0.5, 0.6) is 0 Å². The second-order valence-electron chi connectivity index (χ2n) is 8.83. The highest BCUT2D eigenvalue weighted by molar-refractivity contribution is 7.89. The Hall–Kier alpha value is -1.21. The van der Waals surface area contributed by atoms with Crippen molar-refractivity contribution in [1.82, 2.24) is 30.7 Å². The van der Waals surface area contributed by atoms with Crippen molar-refractivity contribution in [3.8, 4) is 0 Å². The Morgan fingerprint density at radius 3 is 2.65 bits per heavy atom. The summed E-state index contributed by atoms with van der Waals surface area (Å²) in [5, 5.41) is 5.07. The lowest BCUT2D eigenvalue weighted by atomic mass is 9.76. The number of carbonyl (C=O) groups excluding carboxylic acids is 2. The monoisotopic (exact) mass is 482 g/mol. The molecule has 2 heterocycles. The fraction of sp³-hybridized carbons (Fsp3) is 0.889. The average molecular weight is 483 g/mol. The summed E-state index contributed by atoms with van der Waals surface area (Å²) in [4.78, 5) is 30.0. The first-order valence-corrected chi connectivity index (χ1v) is 12.6. The van der Waals surface area contributed by atoms with Gasteiger partial charge in [0.1, 0.15) is 6.17 Å². The molecule has 3 aliphatic rings. The largest absolute Gasteiger partial charge is 0.341 e. The first-order valence-electron chi connectivity index (χ1n) is 10.6. The van der Waals surface area contributed by atoms with Crippen molar-refractivity contribution >= 4 is 33.6 Å². The number of nitrogens with zero attached hydrogens (tertiary/aromatic N) is 2. The molecule has 3 amide bonds. The zero-order valence-corrected chi connectivity index (χ0v) is 19.4. The third-order valence-electron chi connectivity index (χ3n) is 6.42. The van der Waals surface area contributed by atoms with Crippen LogP contribution in [0.4, 0.5) is 9.18 Å². The number of hydrogen-bond acceptors (Lipinski definition) is 6. The van der Waals surface area contributed by atoms with Gasteiger partial charge in [0.15, 0.2) is 0 Å². The molecule has 0 radical (unpaired) electrons. The summed E-state index contributed by atoms with van der Waals surface area (Å²) in [5.41, 5.74) is 2.18. The summed E-state index contributed by atoms with van der Waals surface area (Å²) in [5.74, 6) is -2.18. The molecule has 4 N–H and O–H groups in total. The summed E-state index contributed by atoms with van der Waals surface area (Å²) in [6, 6.07) is -0.128. The lowest BCUT2D eigenvalue weighted by Crippen LogP contribution is -2.52. The van der Waals surface area contributed by atoms with Gasteiger partial charge >= 0.3 is 6.03 Å². The Kier molecular flexibility index (Phi) is 8.00. The summed E-state index contributed by atoms with van der Waals surface area (Å²) in [6.07, 6.45) is -0.228. The van der Waals surface area contributed by atoms with Crippen LogP contribution in [0.2, 0.25) is 0 Å². The SMILES string of the molecule is CNC(=O)N1CC[C@@H](CS(=O)(=O)NNC(=O)C2CC(C3CN(C)CN3)CC(Cl)C2F)C1. The number of alkyl halides is 2. The normalized spacial score (nSPS) is 34.6. The number of halogens is 2. The van der Waals surface area contributed by atoms with E-state index < -0.39 is 33.4 Å². The standard InChI is InChI=1S/C18H32ClFN6O4S/c1-21-18(28)26-4-3-11(7-26)9-31(29,30)24-23-17(27)13-5-12(6-14(19)16(13)20)15-8-25(2)10-22-15/h11-16,22,24H,3-10H2,1-2H3,(H,21,28)(H,23,27)/t11-,12?,13?,14?,15?,16?/m1/s1. The zero-order valence-electron chi connectivity index (χ0n) is 17.8. The highest BCUT2D eigenvalue weighted by Gasteiger charge is 2.44. The number of rotatable bonds is 6. The highest BCUT2D eigenvalue weighted by atomic mass is 35.5. The zero-order chi connectivity index (χ0) is 22.8. The van der Waals surface area contributed by atoms with E-state index in [1.165, 1.54) is 7.05 Å². The smallest absolute Gasteiger partial charge is 0.317 e. The van der Waals surface area contributed by atoms with Gasteiger partial charge < -0.3 is 10.2 Å². The lowest BCUT2D eigenvalue weighted by Gasteiger charge is -2.37. The quantitative estimate of drug-likeness (QED) is 0.297. The maximum absolute atomic E-state index is 14.7. The molecule has 31 heavy (non-hydrogen) atoms. The molecule has 0 aromatic heterocycles. The molecule has 1 saturated carbocycles. The van der Waals surface area contributed by atoms with Crippen LogP contribution in [0, 0.1) is 17.8 Å². The van der Waals surface area contributed by atoms with Gasteiger partial charge in [0, 0.05) is 39.4 Å². The van der Waals surface area contributed by atoms with E-state index in [0.29, 0.717) is 32.4 Å². The number of hydrogen-bond donors (Lipinski definition) is 4. The van der Waals surface area contributed by atoms with Gasteiger partial charge in [-0.1, -0.05) is 0 Å². The number of sulfonamides is 1. The first kappa shape index (κ1) is 24.4. The molecule has 0 aromatic carbocycles. The van der Waals surface area contributed by atoms with Gasteiger partial charge in [0.2, 0.25) is 15.9 Å². The van der Waals surface area contributed by atoms with Gasteiger partial charge in [-0.3, -0.25) is 20.4 Å². The highest BCUT2D eigenvalue weighted by Crippen LogP contribution is 2.37. The van der Waals surface area contributed by atoms with Gasteiger partial charge in [-0.2, -0.15) is 0 Å². The molecule has 3 fully saturated rings. The minimum atomic E-state index is -3.84.